The highest BCUT2D eigenvalue weighted by molar-refractivity contribution is 6.05. The van der Waals surface area contributed by atoms with Gasteiger partial charge in [-0.15, -0.1) is 0 Å². The van der Waals surface area contributed by atoms with Crippen LogP contribution in [0.2, 0.25) is 0 Å². The van der Waals surface area contributed by atoms with Gasteiger partial charge in [0.25, 0.3) is 0 Å². The third kappa shape index (κ3) is 2.53. The number of hydrogen-bond acceptors (Lipinski definition) is 5. The number of aromatic nitrogens is 1. The SMILES string of the molecule is O=C1C=Cc2[nH]cc(CCO)c2C1c1c(O)ccc2c1C(CCO)[CH]N2. The van der Waals surface area contributed by atoms with Gasteiger partial charge >= 0.3 is 0 Å². The highest BCUT2D eigenvalue weighted by atomic mass is 16.3. The van der Waals surface area contributed by atoms with Crippen molar-refractivity contribution in [2.75, 3.05) is 18.5 Å². The normalized spacial score (nSPS) is 20.8. The molecule has 0 saturated carbocycles. The Labute approximate surface area is 151 Å². The fourth-order valence-electron chi connectivity index (χ4n) is 4.08. The smallest absolute Gasteiger partial charge is 0.167 e. The Hall–Kier alpha value is -2.57. The first-order chi connectivity index (χ1) is 12.7. The number of H-pyrrole nitrogens is 1. The topological polar surface area (TPSA) is 106 Å². The first-order valence-corrected chi connectivity index (χ1v) is 8.75. The van der Waals surface area contributed by atoms with Gasteiger partial charge in [-0.2, -0.15) is 0 Å². The lowest BCUT2D eigenvalue weighted by Crippen LogP contribution is -2.19. The van der Waals surface area contributed by atoms with Crippen LogP contribution in [0.3, 0.4) is 0 Å². The van der Waals surface area contributed by atoms with E-state index in [4.69, 9.17) is 0 Å². The van der Waals surface area contributed by atoms with Crippen molar-refractivity contribution in [2.24, 2.45) is 0 Å². The number of benzene rings is 1. The summed E-state index contributed by atoms with van der Waals surface area (Å²) in [6.45, 7) is 1.89. The van der Waals surface area contributed by atoms with Crippen molar-refractivity contribution in [2.45, 2.75) is 24.7 Å². The minimum absolute atomic E-state index is 0.0149. The van der Waals surface area contributed by atoms with Gasteiger partial charge in [0.1, 0.15) is 5.75 Å². The quantitative estimate of drug-likeness (QED) is 0.529. The molecule has 2 atom stereocenters. The van der Waals surface area contributed by atoms with Crippen LogP contribution in [0.15, 0.2) is 24.4 Å². The van der Waals surface area contributed by atoms with Crippen molar-refractivity contribution >= 4 is 17.5 Å². The van der Waals surface area contributed by atoms with E-state index in [0.717, 1.165) is 28.1 Å². The number of aliphatic hydroxyl groups excluding tert-OH is 2. The van der Waals surface area contributed by atoms with Gasteiger partial charge in [-0.3, -0.25) is 4.79 Å². The van der Waals surface area contributed by atoms with Crippen molar-refractivity contribution in [3.05, 3.63) is 58.9 Å². The van der Waals surface area contributed by atoms with Gasteiger partial charge in [-0.25, -0.2) is 0 Å². The zero-order valence-corrected chi connectivity index (χ0v) is 14.2. The van der Waals surface area contributed by atoms with Crippen molar-refractivity contribution < 1.29 is 20.1 Å². The van der Waals surface area contributed by atoms with Crippen LogP contribution >= 0.6 is 0 Å². The van der Waals surface area contributed by atoms with Gasteiger partial charge in [0, 0.05) is 42.3 Å². The van der Waals surface area contributed by atoms with Gasteiger partial charge in [0.15, 0.2) is 5.78 Å². The van der Waals surface area contributed by atoms with Crippen LogP contribution in [0.5, 0.6) is 5.75 Å². The molecule has 2 heterocycles. The zero-order valence-electron chi connectivity index (χ0n) is 14.2. The molecular formula is C20H21N2O4. The number of phenolic OH excluding ortho intramolecular Hbond substituents is 1. The van der Waals surface area contributed by atoms with Crippen LogP contribution in [0.25, 0.3) is 6.08 Å². The van der Waals surface area contributed by atoms with Gasteiger partial charge in [-0.1, -0.05) is 0 Å². The molecule has 6 heteroatoms. The fourth-order valence-corrected chi connectivity index (χ4v) is 4.08. The lowest BCUT2D eigenvalue weighted by Gasteiger charge is -2.25. The summed E-state index contributed by atoms with van der Waals surface area (Å²) >= 11 is 0. The summed E-state index contributed by atoms with van der Waals surface area (Å²) in [5, 5.41) is 32.6. The molecule has 135 valence electrons. The molecule has 26 heavy (non-hydrogen) atoms. The second kappa shape index (κ2) is 6.63. The molecule has 6 nitrogen and oxygen atoms in total. The maximum absolute atomic E-state index is 12.9. The molecule has 1 radical (unpaired) electrons. The Balaban J connectivity index is 1.92. The van der Waals surface area contributed by atoms with E-state index in [-0.39, 0.29) is 30.7 Å². The molecule has 0 saturated heterocycles. The average Bonchev–Trinajstić information content (AvgIpc) is 3.22. The third-order valence-corrected chi connectivity index (χ3v) is 5.21. The number of carbonyl (C=O) groups is 1. The van der Waals surface area contributed by atoms with Crippen LogP contribution in [0.1, 0.15) is 46.2 Å². The second-order valence-corrected chi connectivity index (χ2v) is 6.67. The molecule has 1 aliphatic carbocycles. The summed E-state index contributed by atoms with van der Waals surface area (Å²) in [7, 11) is 0. The molecule has 1 aromatic carbocycles. The number of anilines is 1. The van der Waals surface area contributed by atoms with Crippen molar-refractivity contribution in [1.29, 1.82) is 0 Å². The molecular weight excluding hydrogens is 332 g/mol. The van der Waals surface area contributed by atoms with Crippen LogP contribution in [0.4, 0.5) is 5.69 Å². The van der Waals surface area contributed by atoms with E-state index in [1.54, 1.807) is 18.2 Å². The first kappa shape index (κ1) is 16.9. The molecule has 2 aromatic rings. The van der Waals surface area contributed by atoms with Gasteiger partial charge < -0.3 is 25.6 Å². The van der Waals surface area contributed by atoms with E-state index in [1.807, 2.05) is 12.7 Å². The van der Waals surface area contributed by atoms with E-state index in [9.17, 15) is 20.1 Å². The molecule has 0 amide bonds. The molecule has 2 aliphatic rings. The van der Waals surface area contributed by atoms with Gasteiger partial charge in [0.2, 0.25) is 0 Å². The summed E-state index contributed by atoms with van der Waals surface area (Å²) in [5.41, 5.74) is 4.79. The fraction of sp³-hybridized carbons (Fsp3) is 0.300. The Morgan fingerprint density at radius 3 is 2.65 bits per heavy atom. The van der Waals surface area contributed by atoms with Crippen LogP contribution < -0.4 is 5.32 Å². The first-order valence-electron chi connectivity index (χ1n) is 8.75. The lowest BCUT2D eigenvalue weighted by molar-refractivity contribution is -0.115. The summed E-state index contributed by atoms with van der Waals surface area (Å²) in [5.74, 6) is -0.749. The Bertz CT molecular complexity index is 882. The Morgan fingerprint density at radius 1 is 1.04 bits per heavy atom. The predicted octanol–water partition coefficient (Wildman–Crippen LogP) is 2.04. The van der Waals surface area contributed by atoms with Crippen molar-refractivity contribution in [1.82, 2.24) is 4.98 Å². The van der Waals surface area contributed by atoms with E-state index < -0.39 is 5.92 Å². The van der Waals surface area contributed by atoms with Crippen molar-refractivity contribution in [3.63, 3.8) is 0 Å². The highest BCUT2D eigenvalue weighted by Gasteiger charge is 2.37. The monoisotopic (exact) mass is 353 g/mol. The maximum Gasteiger partial charge on any atom is 0.167 e. The largest absolute Gasteiger partial charge is 0.508 e. The molecule has 4 rings (SSSR count). The summed E-state index contributed by atoms with van der Waals surface area (Å²) in [6.07, 6.45) is 6.02. The molecule has 5 N–H and O–H groups in total. The van der Waals surface area contributed by atoms with Crippen LogP contribution in [-0.2, 0) is 11.2 Å². The van der Waals surface area contributed by atoms with Crippen molar-refractivity contribution in [3.8, 4) is 5.75 Å². The van der Waals surface area contributed by atoms with Crippen LogP contribution in [0, 0.1) is 6.54 Å². The number of aromatic hydroxyl groups is 1. The molecule has 0 spiro atoms. The number of aromatic amines is 1. The molecule has 1 aromatic heterocycles. The summed E-state index contributed by atoms with van der Waals surface area (Å²) in [6, 6.07) is 3.39. The average molecular weight is 353 g/mol. The van der Waals surface area contributed by atoms with E-state index >= 15 is 0 Å². The van der Waals surface area contributed by atoms with E-state index in [1.165, 1.54) is 6.08 Å². The summed E-state index contributed by atoms with van der Waals surface area (Å²) in [4.78, 5) is 16.0. The van der Waals surface area contributed by atoms with E-state index in [0.29, 0.717) is 18.4 Å². The number of aliphatic hydroxyl groups is 2. The molecule has 0 fully saturated rings. The second-order valence-electron chi connectivity index (χ2n) is 6.67. The van der Waals surface area contributed by atoms with Gasteiger partial charge in [-0.05, 0) is 53.8 Å². The number of rotatable bonds is 5. The molecule has 1 aliphatic heterocycles. The lowest BCUT2D eigenvalue weighted by atomic mass is 9.77. The predicted molar refractivity (Wildman–Crippen MR) is 97.9 cm³/mol. The summed E-state index contributed by atoms with van der Waals surface area (Å²) < 4.78 is 0. The number of allylic oxidation sites excluding steroid dienone is 1. The van der Waals surface area contributed by atoms with Crippen LogP contribution in [-0.4, -0.2) is 39.3 Å². The maximum atomic E-state index is 12.9. The molecule has 2 unspecified atom stereocenters. The number of nitrogens with one attached hydrogen (secondary N) is 2. The number of carbonyl (C=O) groups excluding carboxylic acids is 1. The number of phenols is 1. The minimum atomic E-state index is -0.632. The van der Waals surface area contributed by atoms with Gasteiger partial charge in [0.05, 0.1) is 12.5 Å². The number of fused-ring (bicyclic) bond motifs is 2. The molecule has 0 bridgehead atoms. The third-order valence-electron chi connectivity index (χ3n) is 5.21. The zero-order chi connectivity index (χ0) is 18.3. The Kier molecular flexibility index (Phi) is 4.30. The highest BCUT2D eigenvalue weighted by Crippen LogP contribution is 2.48. The Morgan fingerprint density at radius 2 is 1.88 bits per heavy atom. The number of ketones is 1. The standard InChI is InChI=1S/C20H21N2O4/c23-7-5-11-9-21-13-1-3-15(25)19(17(11)13)20-16(26)4-2-14-18(20)12(6-8-24)10-22-14/h1-4,9-11,20-25H,5-8H2. The number of hydrogen-bond donors (Lipinski definition) is 5. The minimum Gasteiger partial charge on any atom is -0.508 e. The van der Waals surface area contributed by atoms with E-state index in [2.05, 4.69) is 10.3 Å².